The second kappa shape index (κ2) is 6.99. The van der Waals surface area contributed by atoms with Gasteiger partial charge in [-0.25, -0.2) is 0 Å². The van der Waals surface area contributed by atoms with Gasteiger partial charge < -0.3 is 9.64 Å². The number of nitrogens with zero attached hydrogens (tertiary/aromatic N) is 2. The molecule has 4 rings (SSSR count). The van der Waals surface area contributed by atoms with Crippen LogP contribution in [0.3, 0.4) is 0 Å². The van der Waals surface area contributed by atoms with Crippen LogP contribution in [0.1, 0.15) is 45.4 Å². The van der Waals surface area contributed by atoms with Crippen LogP contribution in [-0.2, 0) is 14.3 Å². The van der Waals surface area contributed by atoms with Crippen LogP contribution in [0.5, 0.6) is 0 Å². The minimum atomic E-state index is -0.0336. The summed E-state index contributed by atoms with van der Waals surface area (Å²) in [6.45, 7) is 3.09. The zero-order valence-corrected chi connectivity index (χ0v) is 16.3. The van der Waals surface area contributed by atoms with Gasteiger partial charge in [-0.3, -0.25) is 14.5 Å². The first-order valence-electron chi connectivity index (χ1n) is 10.3. The van der Waals surface area contributed by atoms with E-state index in [0.29, 0.717) is 36.3 Å². The topological polar surface area (TPSA) is 49.9 Å². The number of ether oxygens (including phenoxy) is 1. The normalized spacial score (nSPS) is 42.3. The second-order valence-electron chi connectivity index (χ2n) is 9.01. The fourth-order valence-electron chi connectivity index (χ4n) is 5.77. The molecule has 0 aromatic rings. The third-order valence-electron chi connectivity index (χ3n) is 7.15. The highest BCUT2D eigenvalue weighted by Crippen LogP contribution is 2.48. The smallest absolute Gasteiger partial charge is 0.309 e. The van der Waals surface area contributed by atoms with Crippen molar-refractivity contribution in [3.63, 3.8) is 0 Å². The van der Waals surface area contributed by atoms with E-state index in [9.17, 15) is 9.59 Å². The lowest BCUT2D eigenvalue weighted by atomic mass is 9.72. The molecule has 144 valence electrons. The number of esters is 1. The highest BCUT2D eigenvalue weighted by Gasteiger charge is 2.53. The predicted molar refractivity (Wildman–Crippen MR) is 99.3 cm³/mol. The average Bonchev–Trinajstić information content (AvgIpc) is 3.05. The van der Waals surface area contributed by atoms with E-state index in [1.54, 1.807) is 4.90 Å². The van der Waals surface area contributed by atoms with Gasteiger partial charge in [-0.1, -0.05) is 25.5 Å². The van der Waals surface area contributed by atoms with E-state index in [0.717, 1.165) is 19.4 Å². The molecule has 4 aliphatic rings. The van der Waals surface area contributed by atoms with Crippen LogP contribution in [0.4, 0.5) is 0 Å². The Morgan fingerprint density at radius 1 is 1.27 bits per heavy atom. The molecule has 0 radical (unpaired) electrons. The molecule has 0 aromatic heterocycles. The van der Waals surface area contributed by atoms with Gasteiger partial charge in [0.05, 0.1) is 5.92 Å². The zero-order chi connectivity index (χ0) is 18.4. The predicted octanol–water partition coefficient (Wildman–Crippen LogP) is 2.46. The maximum atomic E-state index is 12.3. The first-order valence-corrected chi connectivity index (χ1v) is 10.3. The summed E-state index contributed by atoms with van der Waals surface area (Å²) >= 11 is 0. The van der Waals surface area contributed by atoms with E-state index >= 15 is 0 Å². The van der Waals surface area contributed by atoms with Gasteiger partial charge in [0.2, 0.25) is 5.91 Å². The molecule has 7 atom stereocenters. The molecule has 5 nitrogen and oxygen atoms in total. The van der Waals surface area contributed by atoms with Gasteiger partial charge in [-0.2, -0.15) is 0 Å². The Bertz CT molecular complexity index is 602. The molecule has 0 N–H and O–H groups in total. The Balaban J connectivity index is 1.58. The highest BCUT2D eigenvalue weighted by molar-refractivity contribution is 5.76. The van der Waals surface area contributed by atoms with Gasteiger partial charge in [-0.15, -0.1) is 0 Å². The summed E-state index contributed by atoms with van der Waals surface area (Å²) in [6, 6.07) is 0.846. The summed E-state index contributed by atoms with van der Waals surface area (Å²) in [5.41, 5.74) is 0. The van der Waals surface area contributed by atoms with Crippen LogP contribution in [0.2, 0.25) is 0 Å². The number of allylic oxidation sites excluding steroid dienone is 1. The summed E-state index contributed by atoms with van der Waals surface area (Å²) < 4.78 is 5.77. The first-order chi connectivity index (χ1) is 12.5. The molecule has 1 amide bonds. The molecular weight excluding hydrogens is 328 g/mol. The Hall–Kier alpha value is -1.36. The summed E-state index contributed by atoms with van der Waals surface area (Å²) in [5.74, 6) is 1.61. The third-order valence-corrected chi connectivity index (χ3v) is 7.15. The largest absolute Gasteiger partial charge is 0.460 e. The van der Waals surface area contributed by atoms with Crippen LogP contribution in [-0.4, -0.2) is 60.5 Å². The van der Waals surface area contributed by atoms with Crippen LogP contribution < -0.4 is 0 Å². The van der Waals surface area contributed by atoms with Crippen molar-refractivity contribution < 1.29 is 14.3 Å². The van der Waals surface area contributed by atoms with E-state index in [1.165, 1.54) is 19.3 Å². The van der Waals surface area contributed by atoms with Gasteiger partial charge in [-0.05, 0) is 50.0 Å². The number of carbonyl (C=O) groups excluding carboxylic acids is 2. The lowest BCUT2D eigenvalue weighted by molar-refractivity contribution is -0.146. The first kappa shape index (κ1) is 18.0. The number of cyclic esters (lactones) is 1. The lowest BCUT2D eigenvalue weighted by Crippen LogP contribution is -2.47. The molecule has 3 saturated heterocycles. The molecular formula is C21H32N2O3. The van der Waals surface area contributed by atoms with Crippen molar-refractivity contribution in [2.75, 3.05) is 20.6 Å². The quantitative estimate of drug-likeness (QED) is 0.573. The van der Waals surface area contributed by atoms with Crippen molar-refractivity contribution in [1.29, 1.82) is 0 Å². The highest BCUT2D eigenvalue weighted by atomic mass is 16.6. The van der Waals surface area contributed by atoms with E-state index in [-0.39, 0.29) is 23.9 Å². The summed E-state index contributed by atoms with van der Waals surface area (Å²) in [5, 5.41) is 0. The lowest BCUT2D eigenvalue weighted by Gasteiger charge is -2.39. The van der Waals surface area contributed by atoms with E-state index < -0.39 is 0 Å². The van der Waals surface area contributed by atoms with Gasteiger partial charge in [0, 0.05) is 32.6 Å². The molecule has 3 fully saturated rings. The summed E-state index contributed by atoms with van der Waals surface area (Å²) in [4.78, 5) is 28.7. The fraction of sp³-hybridized carbons (Fsp3) is 0.810. The molecule has 26 heavy (non-hydrogen) atoms. The van der Waals surface area contributed by atoms with Crippen LogP contribution >= 0.6 is 0 Å². The maximum absolute atomic E-state index is 12.3. The zero-order valence-electron chi connectivity index (χ0n) is 16.3. The Morgan fingerprint density at radius 3 is 2.77 bits per heavy atom. The third kappa shape index (κ3) is 3.08. The van der Waals surface area contributed by atoms with Crippen LogP contribution in [0.15, 0.2) is 12.2 Å². The van der Waals surface area contributed by atoms with Crippen LogP contribution in [0.25, 0.3) is 0 Å². The molecule has 0 spiro atoms. The van der Waals surface area contributed by atoms with Crippen molar-refractivity contribution in [2.24, 2.45) is 23.7 Å². The Morgan fingerprint density at radius 2 is 2.08 bits per heavy atom. The van der Waals surface area contributed by atoms with Crippen molar-refractivity contribution in [3.8, 4) is 0 Å². The molecule has 3 heterocycles. The van der Waals surface area contributed by atoms with Gasteiger partial charge in [0.1, 0.15) is 6.10 Å². The van der Waals surface area contributed by atoms with Gasteiger partial charge in [0.15, 0.2) is 0 Å². The molecule has 0 bridgehead atoms. The van der Waals surface area contributed by atoms with Gasteiger partial charge >= 0.3 is 5.97 Å². The molecule has 0 unspecified atom stereocenters. The fourth-order valence-corrected chi connectivity index (χ4v) is 5.77. The summed E-state index contributed by atoms with van der Waals surface area (Å²) in [6.07, 6.45) is 11.0. The molecule has 5 heteroatoms. The molecule has 1 aliphatic carbocycles. The standard InChI is InChI=1S/C21H32N2O3/c1-13-10-18(26-21(13)25)17-12-16-15(11-19(24)22(2)3)8-7-14-6-4-5-9-23(17)20(14)16/h7-8,13-18,20H,4-6,9-12H2,1-3H3/t13-,14+,15+,16+,17-,18-,20+/m0/s1. The van der Waals surface area contributed by atoms with Crippen molar-refractivity contribution in [3.05, 3.63) is 12.2 Å². The Kier molecular flexibility index (Phi) is 4.84. The van der Waals surface area contributed by atoms with E-state index in [2.05, 4.69) is 17.1 Å². The monoisotopic (exact) mass is 360 g/mol. The SMILES string of the molecule is C[C@H]1C[C@@H]([C@@H]2C[C@H]3[C@H]4[C@@H](C=C[C@@H]3CC(=O)N(C)C)CCCCN42)OC1=O. The Labute approximate surface area is 156 Å². The summed E-state index contributed by atoms with van der Waals surface area (Å²) in [7, 11) is 3.68. The van der Waals surface area contributed by atoms with Crippen LogP contribution in [0, 0.1) is 23.7 Å². The number of hydrogen-bond donors (Lipinski definition) is 0. The number of carbonyl (C=O) groups is 2. The van der Waals surface area contributed by atoms with Crippen molar-refractivity contribution >= 4 is 11.9 Å². The van der Waals surface area contributed by atoms with Gasteiger partial charge in [0.25, 0.3) is 0 Å². The minimum Gasteiger partial charge on any atom is -0.460 e. The average molecular weight is 360 g/mol. The number of amides is 1. The molecule has 0 saturated carbocycles. The number of rotatable bonds is 3. The van der Waals surface area contributed by atoms with Crippen molar-refractivity contribution in [2.45, 2.75) is 63.6 Å². The van der Waals surface area contributed by atoms with E-state index in [1.807, 2.05) is 21.0 Å². The minimum absolute atomic E-state index is 0.0228. The second-order valence-corrected chi connectivity index (χ2v) is 9.01. The van der Waals surface area contributed by atoms with Crippen molar-refractivity contribution in [1.82, 2.24) is 9.80 Å². The number of hydrogen-bond acceptors (Lipinski definition) is 4. The molecule has 0 aromatic carbocycles. The molecule has 3 aliphatic heterocycles. The maximum Gasteiger partial charge on any atom is 0.309 e. The van der Waals surface area contributed by atoms with E-state index in [4.69, 9.17) is 4.74 Å².